The number of carbonyl (C=O) groups is 1. The lowest BCUT2D eigenvalue weighted by Crippen LogP contribution is -2.59. The molecule has 0 bridgehead atoms. The summed E-state index contributed by atoms with van der Waals surface area (Å²) in [6.45, 7) is 1.19. The van der Waals surface area contributed by atoms with Crippen LogP contribution >= 0.6 is 11.6 Å². The van der Waals surface area contributed by atoms with Crippen molar-refractivity contribution in [3.63, 3.8) is 0 Å². The third-order valence-corrected chi connectivity index (χ3v) is 4.89. The fourth-order valence-corrected chi connectivity index (χ4v) is 3.51. The van der Waals surface area contributed by atoms with E-state index < -0.39 is 0 Å². The molecule has 3 atom stereocenters. The van der Waals surface area contributed by atoms with Gasteiger partial charge in [-0.05, 0) is 37.8 Å². The Morgan fingerprint density at radius 1 is 1.45 bits per heavy atom. The molecule has 1 saturated carbocycles. The lowest BCUT2D eigenvalue weighted by atomic mass is 9.72. The molecule has 1 aliphatic carbocycles. The number of carbonyl (C=O) groups excluding carboxylic acids is 1. The lowest BCUT2D eigenvalue weighted by molar-refractivity contribution is -0.0999. The van der Waals surface area contributed by atoms with Crippen LogP contribution in [0.1, 0.15) is 24.8 Å². The first kappa shape index (κ1) is 15.6. The van der Waals surface area contributed by atoms with E-state index in [2.05, 4.69) is 10.6 Å². The molecule has 0 unspecified atom stereocenters. The van der Waals surface area contributed by atoms with E-state index in [4.69, 9.17) is 16.3 Å². The molecule has 2 fully saturated rings. The van der Waals surface area contributed by atoms with Crippen molar-refractivity contribution in [1.29, 1.82) is 0 Å². The number of benzene rings is 1. The van der Waals surface area contributed by atoms with Crippen molar-refractivity contribution in [2.24, 2.45) is 5.92 Å². The highest BCUT2D eigenvalue weighted by molar-refractivity contribution is 6.31. The van der Waals surface area contributed by atoms with Crippen molar-refractivity contribution in [3.8, 4) is 0 Å². The minimum Gasteiger partial charge on any atom is -0.378 e. The Kier molecular flexibility index (Phi) is 4.84. The fourth-order valence-electron chi connectivity index (χ4n) is 3.25. The second-order valence-electron chi connectivity index (χ2n) is 5.91. The van der Waals surface area contributed by atoms with Crippen molar-refractivity contribution < 1.29 is 13.9 Å². The first-order valence-electron chi connectivity index (χ1n) is 7.74. The second-order valence-corrected chi connectivity index (χ2v) is 6.32. The molecule has 0 radical (unpaired) electrons. The van der Waals surface area contributed by atoms with Gasteiger partial charge in [-0.25, -0.2) is 9.18 Å². The Morgan fingerprint density at radius 2 is 2.32 bits per heavy atom. The summed E-state index contributed by atoms with van der Waals surface area (Å²) in [6, 6.07) is 4.58. The zero-order valence-corrected chi connectivity index (χ0v) is 13.0. The van der Waals surface area contributed by atoms with Crippen LogP contribution in [-0.4, -0.2) is 31.3 Å². The predicted octanol–water partition coefficient (Wildman–Crippen LogP) is 2.89. The molecule has 0 aromatic heterocycles. The van der Waals surface area contributed by atoms with Gasteiger partial charge in [0.1, 0.15) is 5.82 Å². The second kappa shape index (κ2) is 6.84. The number of nitrogens with one attached hydrogen (secondary N) is 2. The molecule has 2 amide bonds. The number of hydrogen-bond acceptors (Lipinski definition) is 2. The van der Waals surface area contributed by atoms with Gasteiger partial charge in [-0.3, -0.25) is 0 Å². The van der Waals surface area contributed by atoms with Crippen molar-refractivity contribution in [1.82, 2.24) is 10.6 Å². The van der Waals surface area contributed by atoms with Crippen LogP contribution in [0.25, 0.3) is 0 Å². The third kappa shape index (κ3) is 3.36. The van der Waals surface area contributed by atoms with E-state index in [1.54, 1.807) is 12.1 Å². The average Bonchev–Trinajstić information content (AvgIpc) is 2.48. The first-order valence-corrected chi connectivity index (χ1v) is 8.12. The van der Waals surface area contributed by atoms with Gasteiger partial charge < -0.3 is 15.4 Å². The topological polar surface area (TPSA) is 50.4 Å². The Morgan fingerprint density at radius 3 is 3.09 bits per heavy atom. The lowest BCUT2D eigenvalue weighted by Gasteiger charge is -2.47. The third-order valence-electron chi connectivity index (χ3n) is 4.53. The summed E-state index contributed by atoms with van der Waals surface area (Å²) < 4.78 is 19.2. The van der Waals surface area contributed by atoms with Crippen LogP contribution in [0.3, 0.4) is 0 Å². The van der Waals surface area contributed by atoms with Crippen LogP contribution in [0.4, 0.5) is 9.18 Å². The Hall–Kier alpha value is -1.33. The molecule has 1 aromatic carbocycles. The van der Waals surface area contributed by atoms with Crippen LogP contribution in [0.15, 0.2) is 18.2 Å². The summed E-state index contributed by atoms with van der Waals surface area (Å²) in [7, 11) is 0. The van der Waals surface area contributed by atoms with E-state index in [1.807, 2.05) is 0 Å². The maximum absolute atomic E-state index is 13.6. The molecule has 3 rings (SSSR count). The minimum absolute atomic E-state index is 0.197. The van der Waals surface area contributed by atoms with Crippen LogP contribution in [-0.2, 0) is 11.2 Å². The van der Waals surface area contributed by atoms with Gasteiger partial charge in [-0.2, -0.15) is 0 Å². The van der Waals surface area contributed by atoms with Crippen LogP contribution in [0, 0.1) is 11.7 Å². The van der Waals surface area contributed by atoms with E-state index in [0.717, 1.165) is 25.9 Å². The van der Waals surface area contributed by atoms with Crippen molar-refractivity contribution in [2.75, 3.05) is 13.2 Å². The van der Waals surface area contributed by atoms with Gasteiger partial charge in [-0.1, -0.05) is 17.7 Å². The molecule has 6 heteroatoms. The number of fused-ring (bicyclic) bond motifs is 1. The zero-order chi connectivity index (χ0) is 15.5. The molecule has 1 aromatic rings. The van der Waals surface area contributed by atoms with Gasteiger partial charge in [0.15, 0.2) is 0 Å². The Labute approximate surface area is 134 Å². The van der Waals surface area contributed by atoms with Crippen molar-refractivity contribution >= 4 is 17.6 Å². The predicted molar refractivity (Wildman–Crippen MR) is 82.5 cm³/mol. The van der Waals surface area contributed by atoms with Gasteiger partial charge in [-0.15, -0.1) is 0 Å². The maximum atomic E-state index is 13.6. The van der Waals surface area contributed by atoms with E-state index >= 15 is 0 Å². The Balaban J connectivity index is 1.41. The summed E-state index contributed by atoms with van der Waals surface area (Å²) in [5, 5.41) is 6.13. The average molecular weight is 327 g/mol. The standard InChI is InChI=1S/C16H20ClFN2O2/c17-12-4-1-5-13(18)10(12)6-7-19-16(21)20-14-9-15-11(14)3-2-8-22-15/h1,4-5,11,14-15H,2-3,6-9H2,(H2,19,20,21)/t11-,14+,15-/m0/s1. The largest absolute Gasteiger partial charge is 0.378 e. The van der Waals surface area contributed by atoms with Crippen molar-refractivity contribution in [2.45, 2.75) is 37.8 Å². The molecule has 22 heavy (non-hydrogen) atoms. The highest BCUT2D eigenvalue weighted by Gasteiger charge is 2.43. The summed E-state index contributed by atoms with van der Waals surface area (Å²) in [5.41, 5.74) is 0.439. The zero-order valence-electron chi connectivity index (χ0n) is 12.3. The summed E-state index contributed by atoms with van der Waals surface area (Å²) >= 11 is 5.95. The van der Waals surface area contributed by atoms with Gasteiger partial charge in [0.25, 0.3) is 0 Å². The highest BCUT2D eigenvalue weighted by atomic mass is 35.5. The van der Waals surface area contributed by atoms with Crippen LogP contribution in [0.5, 0.6) is 0 Å². The molecule has 120 valence electrons. The molecule has 1 heterocycles. The summed E-state index contributed by atoms with van der Waals surface area (Å²) in [6.07, 6.45) is 3.75. The highest BCUT2D eigenvalue weighted by Crippen LogP contribution is 2.37. The molecule has 2 aliphatic rings. The van der Waals surface area contributed by atoms with E-state index in [9.17, 15) is 9.18 Å². The van der Waals surface area contributed by atoms with E-state index in [1.165, 1.54) is 6.07 Å². The monoisotopic (exact) mass is 326 g/mol. The number of ether oxygens (including phenoxy) is 1. The van der Waals surface area contributed by atoms with Crippen molar-refractivity contribution in [3.05, 3.63) is 34.6 Å². The summed E-state index contributed by atoms with van der Waals surface area (Å²) in [4.78, 5) is 11.9. The molecule has 1 aliphatic heterocycles. The Bertz CT molecular complexity index is 535. The maximum Gasteiger partial charge on any atom is 0.315 e. The summed E-state index contributed by atoms with van der Waals surface area (Å²) in [5.74, 6) is 0.108. The molecule has 0 spiro atoms. The number of hydrogen-bond donors (Lipinski definition) is 2. The van der Waals surface area contributed by atoms with Gasteiger partial charge in [0, 0.05) is 35.7 Å². The van der Waals surface area contributed by atoms with Crippen LogP contribution in [0.2, 0.25) is 5.02 Å². The molecule has 1 saturated heterocycles. The minimum atomic E-state index is -0.337. The SMILES string of the molecule is O=C(NCCc1c(F)cccc1Cl)N[C@@H]1C[C@@H]2OCCC[C@H]21. The van der Waals surface area contributed by atoms with Gasteiger partial charge in [0.05, 0.1) is 6.10 Å². The smallest absolute Gasteiger partial charge is 0.315 e. The van der Waals surface area contributed by atoms with E-state index in [-0.39, 0.29) is 17.9 Å². The number of amides is 2. The normalized spacial score (nSPS) is 26.7. The van der Waals surface area contributed by atoms with E-state index in [0.29, 0.717) is 35.6 Å². The molecular weight excluding hydrogens is 307 g/mol. The number of urea groups is 1. The number of halogens is 2. The molecule has 4 nitrogen and oxygen atoms in total. The molecule has 2 N–H and O–H groups in total. The fraction of sp³-hybridized carbons (Fsp3) is 0.562. The molecular formula is C16H20ClFN2O2. The van der Waals surface area contributed by atoms with Crippen LogP contribution < -0.4 is 10.6 Å². The van der Waals surface area contributed by atoms with Gasteiger partial charge >= 0.3 is 6.03 Å². The quantitative estimate of drug-likeness (QED) is 0.894. The first-order chi connectivity index (χ1) is 10.6. The number of rotatable bonds is 4. The van der Waals surface area contributed by atoms with Gasteiger partial charge in [0.2, 0.25) is 0 Å².